The van der Waals surface area contributed by atoms with Crippen molar-refractivity contribution in [2.24, 2.45) is 11.7 Å². The summed E-state index contributed by atoms with van der Waals surface area (Å²) in [5, 5.41) is 3.73. The van der Waals surface area contributed by atoms with Gasteiger partial charge >= 0.3 is 0 Å². The molecule has 1 amide bonds. The molecule has 4 nitrogen and oxygen atoms in total. The highest BCUT2D eigenvalue weighted by molar-refractivity contribution is 5.91. The molecule has 2 aliphatic rings. The first-order valence-electron chi connectivity index (χ1n) is 14.1. The molecule has 3 N–H and O–H groups in total. The van der Waals surface area contributed by atoms with Crippen molar-refractivity contribution in [3.8, 4) is 0 Å². The van der Waals surface area contributed by atoms with Gasteiger partial charge in [0.1, 0.15) is 5.41 Å². The Morgan fingerprint density at radius 3 is 2.00 bits per heavy atom. The predicted molar refractivity (Wildman–Crippen MR) is 145 cm³/mol. The minimum absolute atomic E-state index is 0.192. The van der Waals surface area contributed by atoms with Crippen LogP contribution in [0.3, 0.4) is 0 Å². The number of likely N-dealkylation sites (tertiary alicyclic amines) is 1. The number of amides is 1. The second kappa shape index (κ2) is 13.2. The van der Waals surface area contributed by atoms with Crippen LogP contribution in [0.5, 0.6) is 0 Å². The van der Waals surface area contributed by atoms with Crippen molar-refractivity contribution in [2.45, 2.75) is 82.1 Å². The van der Waals surface area contributed by atoms with Crippen LogP contribution in [-0.2, 0) is 10.2 Å². The Labute approximate surface area is 212 Å². The lowest BCUT2D eigenvalue weighted by Crippen LogP contribution is -2.49. The van der Waals surface area contributed by atoms with E-state index in [1.807, 2.05) is 36.4 Å². The number of hydrogen-bond donors (Lipinski definition) is 2. The van der Waals surface area contributed by atoms with Gasteiger partial charge in [0.15, 0.2) is 0 Å². The molecule has 2 fully saturated rings. The molecule has 0 unspecified atom stereocenters. The van der Waals surface area contributed by atoms with E-state index in [2.05, 4.69) is 34.5 Å². The maximum Gasteiger partial charge on any atom is 0.232 e. The normalized spacial score (nSPS) is 19.4. The Morgan fingerprint density at radius 2 is 1.40 bits per heavy atom. The smallest absolute Gasteiger partial charge is 0.232 e. The summed E-state index contributed by atoms with van der Waals surface area (Å²) in [5.41, 5.74) is 7.49. The quantitative estimate of drug-likeness (QED) is 0.347. The van der Waals surface area contributed by atoms with Crippen molar-refractivity contribution in [1.82, 2.24) is 10.2 Å². The number of rotatable bonds is 14. The highest BCUT2D eigenvalue weighted by Crippen LogP contribution is 2.43. The molecule has 2 aromatic rings. The lowest BCUT2D eigenvalue weighted by atomic mass is 9.64. The molecular formula is C31H45N3O. The molecule has 1 saturated carbocycles. The molecule has 0 spiro atoms. The van der Waals surface area contributed by atoms with Gasteiger partial charge in [0.25, 0.3) is 0 Å². The largest absolute Gasteiger partial charge is 0.369 e. The van der Waals surface area contributed by atoms with Crippen molar-refractivity contribution in [3.05, 3.63) is 71.8 Å². The van der Waals surface area contributed by atoms with Gasteiger partial charge in [-0.1, -0.05) is 99.2 Å². The minimum atomic E-state index is -0.774. The Balaban J connectivity index is 1.24. The van der Waals surface area contributed by atoms with E-state index in [1.165, 1.54) is 70.8 Å². The molecule has 1 aliphatic carbocycles. The molecule has 1 heterocycles. The highest BCUT2D eigenvalue weighted by Gasteiger charge is 2.49. The zero-order chi connectivity index (χ0) is 24.3. The first-order valence-corrected chi connectivity index (χ1v) is 14.1. The third kappa shape index (κ3) is 6.54. The van der Waals surface area contributed by atoms with Crippen LogP contribution in [0.1, 0.15) is 81.8 Å². The second-order valence-electron chi connectivity index (χ2n) is 10.7. The average molecular weight is 476 g/mol. The molecule has 190 valence electrons. The summed E-state index contributed by atoms with van der Waals surface area (Å²) in [6, 6.07) is 21.2. The zero-order valence-corrected chi connectivity index (χ0v) is 21.5. The highest BCUT2D eigenvalue weighted by atomic mass is 16.1. The van der Waals surface area contributed by atoms with Crippen molar-refractivity contribution in [3.63, 3.8) is 0 Å². The molecule has 35 heavy (non-hydrogen) atoms. The van der Waals surface area contributed by atoms with Crippen LogP contribution in [-0.4, -0.2) is 43.0 Å². The van der Waals surface area contributed by atoms with E-state index in [4.69, 9.17) is 5.73 Å². The van der Waals surface area contributed by atoms with Crippen molar-refractivity contribution < 1.29 is 4.79 Å². The maximum atomic E-state index is 13.2. The summed E-state index contributed by atoms with van der Waals surface area (Å²) < 4.78 is 0. The number of unbranched alkanes of at least 4 members (excludes halogenated alkanes) is 5. The third-order valence-corrected chi connectivity index (χ3v) is 8.42. The second-order valence-corrected chi connectivity index (χ2v) is 10.7. The van der Waals surface area contributed by atoms with Crippen LogP contribution in [0.25, 0.3) is 0 Å². The molecule has 1 saturated heterocycles. The molecule has 2 aromatic carbocycles. The van der Waals surface area contributed by atoms with Crippen molar-refractivity contribution >= 4 is 5.91 Å². The van der Waals surface area contributed by atoms with Crippen LogP contribution >= 0.6 is 0 Å². The minimum Gasteiger partial charge on any atom is -0.369 e. The first-order chi connectivity index (χ1) is 17.2. The number of primary amides is 1. The van der Waals surface area contributed by atoms with Gasteiger partial charge in [-0.3, -0.25) is 4.79 Å². The number of hydrogen-bond acceptors (Lipinski definition) is 3. The van der Waals surface area contributed by atoms with Crippen LogP contribution in [0.15, 0.2) is 60.7 Å². The van der Waals surface area contributed by atoms with E-state index in [1.54, 1.807) is 0 Å². The fraction of sp³-hybridized carbons (Fsp3) is 0.581. The molecule has 1 atom stereocenters. The van der Waals surface area contributed by atoms with Crippen molar-refractivity contribution in [2.75, 3.05) is 26.2 Å². The summed E-state index contributed by atoms with van der Waals surface area (Å²) in [5.74, 6) is -0.0404. The van der Waals surface area contributed by atoms with E-state index in [-0.39, 0.29) is 11.8 Å². The molecule has 4 heteroatoms. The summed E-state index contributed by atoms with van der Waals surface area (Å²) in [4.78, 5) is 15.8. The van der Waals surface area contributed by atoms with E-state index in [0.29, 0.717) is 0 Å². The van der Waals surface area contributed by atoms with Gasteiger partial charge in [-0.15, -0.1) is 0 Å². The fourth-order valence-electron chi connectivity index (χ4n) is 6.52. The molecule has 4 rings (SSSR count). The standard InChI is InChI=1S/C31H45N3O/c32-30(35)31(26-15-7-5-8-16-26,27-17-9-6-10-18-27)28-21-24-34(25-28)23-14-4-2-1-3-13-22-33-29-19-11-12-20-29/h5-10,15-18,28-29,33H,1-4,11-14,19-25H2,(H2,32,35)/t28-/m0/s1. The van der Waals surface area contributed by atoms with E-state index in [0.717, 1.165) is 43.2 Å². The third-order valence-electron chi connectivity index (χ3n) is 8.42. The van der Waals surface area contributed by atoms with Gasteiger partial charge in [-0.25, -0.2) is 0 Å². The lowest BCUT2D eigenvalue weighted by Gasteiger charge is -2.37. The molecule has 0 radical (unpaired) electrons. The number of nitrogens with two attached hydrogens (primary N) is 1. The summed E-state index contributed by atoms with van der Waals surface area (Å²) >= 11 is 0. The Kier molecular flexibility index (Phi) is 9.79. The lowest BCUT2D eigenvalue weighted by molar-refractivity contribution is -0.123. The number of carbonyl (C=O) groups excluding carboxylic acids is 1. The predicted octanol–water partition coefficient (Wildman–Crippen LogP) is 5.65. The fourth-order valence-corrected chi connectivity index (χ4v) is 6.52. The van der Waals surface area contributed by atoms with Crippen LogP contribution in [0.2, 0.25) is 0 Å². The van der Waals surface area contributed by atoms with Crippen molar-refractivity contribution in [1.29, 1.82) is 0 Å². The van der Waals surface area contributed by atoms with Gasteiger partial charge < -0.3 is 16.0 Å². The average Bonchev–Trinajstić information content (AvgIpc) is 3.57. The SMILES string of the molecule is NC(=O)C(c1ccccc1)(c1ccccc1)[C@H]1CCN(CCCCCCCCNC2CCCC2)C1. The van der Waals surface area contributed by atoms with E-state index >= 15 is 0 Å². The van der Waals surface area contributed by atoms with Gasteiger partial charge in [-0.05, 0) is 68.8 Å². The number of nitrogens with zero attached hydrogens (tertiary/aromatic N) is 1. The van der Waals surface area contributed by atoms with Crippen LogP contribution < -0.4 is 11.1 Å². The first kappa shape index (κ1) is 25.9. The van der Waals surface area contributed by atoms with E-state index < -0.39 is 5.41 Å². The Morgan fingerprint density at radius 1 is 0.829 bits per heavy atom. The van der Waals surface area contributed by atoms with Crippen LogP contribution in [0.4, 0.5) is 0 Å². The van der Waals surface area contributed by atoms with Gasteiger partial charge in [0.05, 0.1) is 0 Å². The zero-order valence-electron chi connectivity index (χ0n) is 21.5. The molecule has 1 aliphatic heterocycles. The molecular weight excluding hydrogens is 430 g/mol. The van der Waals surface area contributed by atoms with Crippen LogP contribution in [0, 0.1) is 5.92 Å². The van der Waals surface area contributed by atoms with Gasteiger partial charge in [0.2, 0.25) is 5.91 Å². The molecule has 0 aromatic heterocycles. The summed E-state index contributed by atoms with van der Waals surface area (Å²) in [6.45, 7) is 4.30. The topological polar surface area (TPSA) is 58.4 Å². The Bertz CT molecular complexity index is 839. The summed E-state index contributed by atoms with van der Waals surface area (Å²) in [7, 11) is 0. The molecule has 0 bridgehead atoms. The van der Waals surface area contributed by atoms with Gasteiger partial charge in [0, 0.05) is 12.6 Å². The monoisotopic (exact) mass is 475 g/mol. The van der Waals surface area contributed by atoms with E-state index in [9.17, 15) is 4.79 Å². The Hall–Kier alpha value is -2.17. The number of benzene rings is 2. The number of nitrogens with one attached hydrogen (secondary N) is 1. The number of carbonyl (C=O) groups is 1. The maximum absolute atomic E-state index is 13.2. The summed E-state index contributed by atoms with van der Waals surface area (Å²) in [6.07, 6.45) is 14.5. The van der Waals surface area contributed by atoms with Gasteiger partial charge in [-0.2, -0.15) is 0 Å².